The lowest BCUT2D eigenvalue weighted by Gasteiger charge is -2.19. The second-order valence-corrected chi connectivity index (χ2v) is 40.2. The van der Waals surface area contributed by atoms with Crippen molar-refractivity contribution in [1.82, 2.24) is 19.9 Å². The van der Waals surface area contributed by atoms with E-state index in [9.17, 15) is 74.4 Å². The van der Waals surface area contributed by atoms with Crippen molar-refractivity contribution in [3.63, 3.8) is 0 Å². The number of nitrogens with one attached hydrogen (secondary N) is 4. The second-order valence-electron chi connectivity index (χ2n) is 34.3. The number of carbonyl (C=O) groups excluding carboxylic acids is 4. The summed E-state index contributed by atoms with van der Waals surface area (Å²) >= 11 is 4.92. The van der Waals surface area contributed by atoms with Crippen molar-refractivity contribution in [3.05, 3.63) is 244 Å². The number of benzene rings is 10. The molecule has 4 aromatic heterocycles. The van der Waals surface area contributed by atoms with Crippen LogP contribution in [0, 0.1) is 40.5 Å². The van der Waals surface area contributed by atoms with Crippen molar-refractivity contribution in [2.24, 2.45) is 0 Å². The van der Waals surface area contributed by atoms with Crippen molar-refractivity contribution < 1.29 is 100 Å². The van der Waals surface area contributed by atoms with E-state index in [0.717, 1.165) is 37.4 Å². The highest BCUT2D eigenvalue weighted by Gasteiger charge is 2.32. The Kier molecular flexibility index (Phi) is 33.6. The number of nitro groups is 4. The number of aromatic hydroxyl groups is 1. The number of hydrogen-bond donors (Lipinski definition) is 8. The highest BCUT2D eigenvalue weighted by molar-refractivity contribution is 7.48. The van der Waals surface area contributed by atoms with E-state index in [2.05, 4.69) is 41.2 Å². The Morgan fingerprint density at radius 2 is 0.712 bits per heavy atom. The first-order chi connectivity index (χ1) is 65.5. The van der Waals surface area contributed by atoms with E-state index in [1.807, 2.05) is 36.4 Å². The van der Waals surface area contributed by atoms with Crippen LogP contribution in [0.2, 0.25) is 0 Å². The Morgan fingerprint density at radius 3 is 1.06 bits per heavy atom. The van der Waals surface area contributed by atoms with Crippen LogP contribution in [0.5, 0.6) is 23.0 Å². The molecule has 0 unspecified atom stereocenters. The van der Waals surface area contributed by atoms with Gasteiger partial charge >= 0.3 is 32.2 Å². The van der Waals surface area contributed by atoms with Gasteiger partial charge in [-0.25, -0.2) is 43.7 Å². The third kappa shape index (κ3) is 27.8. The number of anilines is 6. The number of carbonyl (C=O) groups is 4. The van der Waals surface area contributed by atoms with Gasteiger partial charge in [0.15, 0.2) is 20.5 Å². The molecule has 0 spiro atoms. The van der Waals surface area contributed by atoms with Gasteiger partial charge in [-0.15, -0.1) is 0 Å². The number of phosphoric acid groups is 1. The minimum absolute atomic E-state index is 0.0372. The van der Waals surface area contributed by atoms with Crippen LogP contribution in [0.4, 0.5) is 73.8 Å². The first kappa shape index (κ1) is 105. The zero-order chi connectivity index (χ0) is 102. The van der Waals surface area contributed by atoms with Gasteiger partial charge in [0.1, 0.15) is 45.4 Å². The van der Waals surface area contributed by atoms with Gasteiger partial charge in [-0.05, 0) is 179 Å². The zero-order valence-electron chi connectivity index (χ0n) is 78.5. The van der Waals surface area contributed by atoms with Gasteiger partial charge in [0, 0.05) is 95.0 Å². The number of amides is 4. The number of methoxy groups -OCH3 is 3. The van der Waals surface area contributed by atoms with E-state index in [0.29, 0.717) is 150 Å². The Bertz CT molecular complexity index is 6990. The van der Waals surface area contributed by atoms with Crippen LogP contribution in [0.1, 0.15) is 130 Å². The fraction of sp³-hybridized carbons (Fsp3) is 0.284. The number of phosphoric ester groups is 1. The highest BCUT2D eigenvalue weighted by atomic mass is 32.1. The lowest BCUT2D eigenvalue weighted by atomic mass is 9.96. The Balaban J connectivity index is 0.000000180. The maximum Gasteiger partial charge on any atom is 0.475 e. The van der Waals surface area contributed by atoms with Crippen LogP contribution in [-0.2, 0) is 63.1 Å². The summed E-state index contributed by atoms with van der Waals surface area (Å²) in [5.74, 6) is 1.19. The van der Waals surface area contributed by atoms with Crippen molar-refractivity contribution in [3.8, 4) is 67.5 Å². The molecule has 14 aromatic rings. The minimum Gasteiger partial charge on any atom is -0.507 e. The fourth-order valence-electron chi connectivity index (χ4n) is 13.9. The van der Waals surface area contributed by atoms with Gasteiger partial charge < -0.3 is 54.8 Å². The monoisotopic (exact) mass is 2000 g/mol. The number of nitrogen functional groups attached to an aromatic ring is 2. The summed E-state index contributed by atoms with van der Waals surface area (Å²) in [6.45, 7) is 24.2. The number of ether oxygens (including phenoxy) is 7. The number of phenols is 1. The average Bonchev–Trinajstić information content (AvgIpc) is 1.70. The molecule has 44 heteroatoms. The molecule has 10 aromatic carbocycles. The zero-order valence-corrected chi connectivity index (χ0v) is 82.7. The Labute approximate surface area is 812 Å². The molecule has 0 atom stereocenters. The lowest BCUT2D eigenvalue weighted by molar-refractivity contribution is -0.385. The minimum atomic E-state index is -3.85. The third-order valence-corrected chi connectivity index (χ3v) is 24.4. The van der Waals surface area contributed by atoms with E-state index >= 15 is 0 Å². The molecule has 4 heterocycles. The quantitative estimate of drug-likeness (QED) is 0.00779. The van der Waals surface area contributed by atoms with Gasteiger partial charge in [-0.1, -0.05) is 118 Å². The van der Waals surface area contributed by atoms with Crippen LogP contribution in [0.3, 0.4) is 0 Å². The average molecular weight is 2000 g/mol. The van der Waals surface area contributed by atoms with Crippen LogP contribution < -0.4 is 46.9 Å². The maximum atomic E-state index is 12.9. The molecule has 10 N–H and O–H groups in total. The number of rotatable bonds is 27. The summed E-state index contributed by atoms with van der Waals surface area (Å²) in [5, 5.41) is 78.1. The Hall–Kier alpha value is -14.7. The molecule has 0 saturated carbocycles. The molecule has 0 aliphatic carbocycles. The van der Waals surface area contributed by atoms with Crippen LogP contribution in [0.15, 0.2) is 170 Å². The standard InChI is InChI=1S/C31H34N4O7S.C24H30N3O9PS.C20H16N4O3S.C20H21N3O6S/c1-30(2,3)41-28(36)32-21-13-11-18(12-14-21)15-20-17-23-25(33-27(43-23)34-29(37)42-31(4,5)6)24(26(20)40-7)19-9-8-10-22(16-19)35(38)39;1-7-33-37(31,34-8-2)35-14-16-13-18-20(25-22(38-18)26-23(28)36-24(3,4)5)19(21(16)32-6)15-10-9-11-17(12-15)27(29)30;21-14-6-4-11(5-7-14)8-13-10-16-18(23-20(22)28-16)17(19(13)25)12-2-1-3-15(9-12)24(26)27;1-20(2,3)29-19(25)22-18-21-16-14(30-18)9-12(10-24)17(28-4)15(16)11-6-5-7-13(8-11)23(26)27/h8-14,16-17H,15H2,1-7H3,(H,32,36)(H,33,34,37);9-13H,7-8,14H2,1-6H3,(H,25,26,28);1-7,9-10,25H,8,21H2,(H2,22,23);5-9,24H,10H2,1-4H3,(H,21,22,25). The van der Waals surface area contributed by atoms with Gasteiger partial charge in [0.2, 0.25) is 0 Å². The second kappa shape index (κ2) is 44.6. The normalized spacial score (nSPS) is 11.5. The smallest absolute Gasteiger partial charge is 0.475 e. The third-order valence-electron chi connectivity index (χ3n) is 19.2. The number of aliphatic hydroxyl groups is 1. The van der Waals surface area contributed by atoms with Crippen molar-refractivity contribution in [2.75, 3.05) is 67.3 Å². The number of hydrogen-bond acceptors (Lipinski definition) is 35. The number of nitrogens with zero attached hydrogens (tertiary/aromatic N) is 8. The predicted octanol–water partition coefficient (Wildman–Crippen LogP) is 24.1. The molecule has 0 fully saturated rings. The van der Waals surface area contributed by atoms with E-state index in [-0.39, 0.29) is 60.1 Å². The summed E-state index contributed by atoms with van der Waals surface area (Å²) in [4.78, 5) is 111. The number of thiazole rings is 4. The van der Waals surface area contributed by atoms with Gasteiger partial charge in [0.05, 0.1) is 131 Å². The fourth-order valence-corrected chi connectivity index (χ4v) is 18.6. The first-order valence-corrected chi connectivity index (χ1v) is 47.3. The van der Waals surface area contributed by atoms with E-state index < -0.39 is 74.3 Å². The van der Waals surface area contributed by atoms with Crippen LogP contribution in [0.25, 0.3) is 85.4 Å². The van der Waals surface area contributed by atoms with Crippen molar-refractivity contribution >= 4 is 173 Å². The Morgan fingerprint density at radius 1 is 0.403 bits per heavy atom. The predicted molar refractivity (Wildman–Crippen MR) is 536 cm³/mol. The van der Waals surface area contributed by atoms with Crippen LogP contribution >= 0.6 is 53.2 Å². The molecule has 0 saturated heterocycles. The number of non-ortho nitro benzene ring substituents is 4. The van der Waals surface area contributed by atoms with Gasteiger partial charge in [0.25, 0.3) is 22.7 Å². The molecule has 14 rings (SSSR count). The van der Waals surface area contributed by atoms with Crippen LogP contribution in [-0.4, -0.2) is 131 Å². The van der Waals surface area contributed by atoms with E-state index in [1.54, 1.807) is 182 Å². The molecule has 730 valence electrons. The van der Waals surface area contributed by atoms with Crippen molar-refractivity contribution in [1.29, 1.82) is 0 Å². The number of aliphatic hydroxyl groups excluding tert-OH is 1. The molecule has 0 radical (unpaired) electrons. The largest absolute Gasteiger partial charge is 0.507 e. The molecule has 0 aliphatic heterocycles. The number of phenolic OH excluding ortho intramolecular Hbond substituents is 1. The summed E-state index contributed by atoms with van der Waals surface area (Å²) in [6, 6.07) is 46.4. The lowest BCUT2D eigenvalue weighted by Crippen LogP contribution is -2.27. The topological polar surface area (TPSA) is 542 Å². The number of aromatic nitrogens is 4. The maximum absolute atomic E-state index is 12.9. The summed E-state index contributed by atoms with van der Waals surface area (Å²) < 4.78 is 70.2. The number of nitro benzene ring substituents is 4. The first-order valence-electron chi connectivity index (χ1n) is 42.6. The number of fused-ring (bicyclic) bond motifs is 4. The van der Waals surface area contributed by atoms with Gasteiger partial charge in [-0.3, -0.25) is 75.3 Å². The molecule has 4 amide bonds. The molecule has 0 bridgehead atoms. The van der Waals surface area contributed by atoms with E-state index in [1.165, 1.54) is 104 Å². The van der Waals surface area contributed by atoms with E-state index in [4.69, 9.17) is 58.2 Å². The summed E-state index contributed by atoms with van der Waals surface area (Å²) in [6.07, 6.45) is -1.60. The number of nitrogens with two attached hydrogens (primary N) is 2. The molecular formula is C95H101N14O25PS4. The highest BCUT2D eigenvalue weighted by Crippen LogP contribution is 2.53. The van der Waals surface area contributed by atoms with Crippen molar-refractivity contribution in [2.45, 2.75) is 145 Å². The molecule has 139 heavy (non-hydrogen) atoms. The summed E-state index contributed by atoms with van der Waals surface area (Å²) in [7, 11) is 0.570. The SMILES string of the molecule is CCOP(=O)(OCC)OCc1cc2sc(NC(=O)OC(C)(C)C)nc2c(-c2cccc([N+](=O)[O-])c2)c1OC.COc1c(CO)cc2sc(NC(=O)OC(C)(C)C)nc2c1-c1cccc([N+](=O)[O-])c1.COc1c(Cc2ccc(NC(=O)OC(C)(C)C)cc2)cc2sc(NC(=O)OC(C)(C)C)nc2c1-c1cccc([N+](=O)[O-])c1.Nc1ccc(Cc2cc3sc(N)nc3c(-c3cccc([N+](=O)[O-])c3)c2O)cc1. The molecule has 0 aliphatic rings. The van der Waals surface area contributed by atoms with Gasteiger partial charge in [-0.2, -0.15) is 0 Å². The molecule has 39 nitrogen and oxygen atoms in total. The molecular weight excluding hydrogens is 1900 g/mol. The summed E-state index contributed by atoms with van der Waals surface area (Å²) in [5.41, 5.74) is 20.1.